The van der Waals surface area contributed by atoms with E-state index in [1.165, 1.54) is 19.3 Å². The number of benzene rings is 1. The number of rotatable bonds is 6. The zero-order valence-corrected chi connectivity index (χ0v) is 14.8. The minimum absolute atomic E-state index is 0.132. The largest absolute Gasteiger partial charge is 0.366 e. The molecule has 0 atom stereocenters. The van der Waals surface area contributed by atoms with Crippen molar-refractivity contribution in [3.63, 3.8) is 0 Å². The number of pyridine rings is 1. The van der Waals surface area contributed by atoms with Crippen LogP contribution in [0.15, 0.2) is 59.8 Å². The van der Waals surface area contributed by atoms with Crippen LogP contribution in [0.3, 0.4) is 0 Å². The zero-order valence-electron chi connectivity index (χ0n) is 14.0. The molecule has 2 heterocycles. The van der Waals surface area contributed by atoms with Crippen LogP contribution in [-0.2, 0) is 16.6 Å². The van der Waals surface area contributed by atoms with Gasteiger partial charge < -0.3 is 5.32 Å². The molecule has 0 unspecified atom stereocenters. The molecule has 0 radical (unpaired) electrons. The van der Waals surface area contributed by atoms with Gasteiger partial charge in [0, 0.05) is 18.9 Å². The molecule has 3 rings (SSSR count). The van der Waals surface area contributed by atoms with Gasteiger partial charge in [-0.15, -0.1) is 0 Å². The number of nitrogens with zero attached hydrogens (tertiary/aromatic N) is 3. The Morgan fingerprint density at radius 2 is 1.92 bits per heavy atom. The molecule has 130 valence electrons. The molecule has 8 heteroatoms. The van der Waals surface area contributed by atoms with E-state index in [-0.39, 0.29) is 4.90 Å². The average molecular weight is 357 g/mol. The van der Waals surface area contributed by atoms with E-state index in [9.17, 15) is 8.42 Å². The topological polar surface area (TPSA) is 88.9 Å². The van der Waals surface area contributed by atoms with Crippen molar-refractivity contribution >= 4 is 15.8 Å². The Morgan fingerprint density at radius 1 is 1.12 bits per heavy atom. The van der Waals surface area contributed by atoms with Crippen molar-refractivity contribution in [2.75, 3.05) is 12.4 Å². The molecule has 0 spiro atoms. The number of para-hydroxylation sites is 1. The summed E-state index contributed by atoms with van der Waals surface area (Å²) in [6, 6.07) is 13.1. The number of anilines is 1. The van der Waals surface area contributed by atoms with Crippen molar-refractivity contribution in [3.05, 3.63) is 66.1 Å². The van der Waals surface area contributed by atoms with Gasteiger partial charge in [-0.2, -0.15) is 5.10 Å². The van der Waals surface area contributed by atoms with Crippen molar-refractivity contribution in [1.29, 1.82) is 0 Å². The Kier molecular flexibility index (Phi) is 4.82. The van der Waals surface area contributed by atoms with E-state index in [0.29, 0.717) is 12.4 Å². The third-order valence-corrected chi connectivity index (χ3v) is 5.14. The monoisotopic (exact) mass is 357 g/mol. The maximum Gasteiger partial charge on any atom is 0.241 e. The minimum Gasteiger partial charge on any atom is -0.366 e. The standard InChI is InChI=1S/C17H19N5O2S/c1-13-9-10-22(21-13)16-6-4-3-5-14(16)11-19-17-8-7-15(12-20-17)25(23,24)18-2/h3-10,12,18H,11H2,1-2H3,(H,19,20). The highest BCUT2D eigenvalue weighted by atomic mass is 32.2. The van der Waals surface area contributed by atoms with E-state index in [2.05, 4.69) is 20.1 Å². The van der Waals surface area contributed by atoms with Crippen molar-refractivity contribution in [1.82, 2.24) is 19.5 Å². The van der Waals surface area contributed by atoms with Gasteiger partial charge >= 0.3 is 0 Å². The van der Waals surface area contributed by atoms with Crippen LogP contribution in [0.1, 0.15) is 11.3 Å². The molecule has 0 fully saturated rings. The molecule has 7 nitrogen and oxygen atoms in total. The first kappa shape index (κ1) is 17.1. The molecule has 0 saturated heterocycles. The van der Waals surface area contributed by atoms with E-state index in [1.54, 1.807) is 6.07 Å². The SMILES string of the molecule is CNS(=O)(=O)c1ccc(NCc2ccccc2-n2ccc(C)n2)nc1. The third kappa shape index (κ3) is 3.86. The molecule has 0 bridgehead atoms. The Labute approximate surface area is 146 Å². The molecule has 25 heavy (non-hydrogen) atoms. The van der Waals surface area contributed by atoms with Crippen LogP contribution in [0, 0.1) is 6.92 Å². The summed E-state index contributed by atoms with van der Waals surface area (Å²) in [6.45, 7) is 2.49. The lowest BCUT2D eigenvalue weighted by molar-refractivity contribution is 0.588. The van der Waals surface area contributed by atoms with Crippen molar-refractivity contribution in [2.24, 2.45) is 0 Å². The number of hydrogen-bond acceptors (Lipinski definition) is 5. The van der Waals surface area contributed by atoms with E-state index in [0.717, 1.165) is 16.9 Å². The number of sulfonamides is 1. The van der Waals surface area contributed by atoms with Crippen molar-refractivity contribution in [3.8, 4) is 5.69 Å². The van der Waals surface area contributed by atoms with E-state index < -0.39 is 10.0 Å². The first-order chi connectivity index (χ1) is 12.0. The fourth-order valence-electron chi connectivity index (χ4n) is 2.38. The normalized spacial score (nSPS) is 11.4. The van der Waals surface area contributed by atoms with E-state index >= 15 is 0 Å². The van der Waals surface area contributed by atoms with Crippen LogP contribution in [0.4, 0.5) is 5.82 Å². The predicted molar refractivity (Wildman–Crippen MR) is 96.1 cm³/mol. The summed E-state index contributed by atoms with van der Waals surface area (Å²) < 4.78 is 27.5. The van der Waals surface area contributed by atoms with Crippen LogP contribution in [0.25, 0.3) is 5.69 Å². The maximum absolute atomic E-state index is 11.7. The quantitative estimate of drug-likeness (QED) is 0.705. The van der Waals surface area contributed by atoms with Crippen LogP contribution < -0.4 is 10.0 Å². The van der Waals surface area contributed by atoms with Crippen LogP contribution in [0.2, 0.25) is 0 Å². The Bertz CT molecular complexity index is 965. The van der Waals surface area contributed by atoms with Gasteiger partial charge in [0.15, 0.2) is 0 Å². The smallest absolute Gasteiger partial charge is 0.241 e. The van der Waals surface area contributed by atoms with E-state index in [4.69, 9.17) is 0 Å². The van der Waals surface area contributed by atoms with Gasteiger partial charge in [-0.05, 0) is 43.8 Å². The Morgan fingerprint density at radius 3 is 2.56 bits per heavy atom. The first-order valence-corrected chi connectivity index (χ1v) is 9.22. The highest BCUT2D eigenvalue weighted by Crippen LogP contribution is 2.16. The van der Waals surface area contributed by atoms with Gasteiger partial charge in [0.25, 0.3) is 0 Å². The molecular weight excluding hydrogens is 338 g/mol. The van der Waals surface area contributed by atoms with Crippen LogP contribution in [0.5, 0.6) is 0 Å². The lowest BCUT2D eigenvalue weighted by Gasteiger charge is -2.11. The second kappa shape index (κ2) is 7.04. The number of aromatic nitrogens is 3. The second-order valence-corrected chi connectivity index (χ2v) is 7.36. The highest BCUT2D eigenvalue weighted by molar-refractivity contribution is 7.89. The summed E-state index contributed by atoms with van der Waals surface area (Å²) in [5, 5.41) is 7.65. The number of nitrogens with one attached hydrogen (secondary N) is 2. The molecule has 0 amide bonds. The van der Waals surface area contributed by atoms with Crippen LogP contribution >= 0.6 is 0 Å². The molecule has 1 aromatic carbocycles. The summed E-state index contributed by atoms with van der Waals surface area (Å²) in [6.07, 6.45) is 3.25. The fraction of sp³-hybridized carbons (Fsp3) is 0.176. The summed E-state index contributed by atoms with van der Waals surface area (Å²) >= 11 is 0. The Hall–Kier alpha value is -2.71. The predicted octanol–water partition coefficient (Wildman–Crippen LogP) is 2.10. The van der Waals surface area contributed by atoms with Gasteiger partial charge in [-0.3, -0.25) is 0 Å². The summed E-state index contributed by atoms with van der Waals surface area (Å²) in [7, 11) is -2.10. The fourth-order valence-corrected chi connectivity index (χ4v) is 3.05. The molecule has 0 aliphatic rings. The zero-order chi connectivity index (χ0) is 17.9. The Balaban J connectivity index is 1.76. The number of hydrogen-bond donors (Lipinski definition) is 2. The van der Waals surface area contributed by atoms with E-state index in [1.807, 2.05) is 48.1 Å². The summed E-state index contributed by atoms with van der Waals surface area (Å²) in [5.41, 5.74) is 2.99. The molecule has 2 N–H and O–H groups in total. The third-order valence-electron chi connectivity index (χ3n) is 3.74. The first-order valence-electron chi connectivity index (χ1n) is 7.73. The lowest BCUT2D eigenvalue weighted by Crippen LogP contribution is -2.18. The summed E-state index contributed by atoms with van der Waals surface area (Å²) in [4.78, 5) is 4.29. The number of aryl methyl sites for hydroxylation is 1. The highest BCUT2D eigenvalue weighted by Gasteiger charge is 2.11. The molecule has 0 aliphatic heterocycles. The molecule has 3 aromatic rings. The van der Waals surface area contributed by atoms with Gasteiger partial charge in [-0.25, -0.2) is 22.8 Å². The molecular formula is C17H19N5O2S. The average Bonchev–Trinajstić information content (AvgIpc) is 3.07. The lowest BCUT2D eigenvalue weighted by atomic mass is 10.2. The second-order valence-electron chi connectivity index (χ2n) is 5.47. The molecule has 2 aromatic heterocycles. The molecule has 0 saturated carbocycles. The van der Waals surface area contributed by atoms with Crippen molar-refractivity contribution < 1.29 is 8.42 Å². The minimum atomic E-state index is -3.47. The van der Waals surface area contributed by atoms with Crippen LogP contribution in [-0.4, -0.2) is 30.2 Å². The van der Waals surface area contributed by atoms with Gasteiger partial charge in [-0.1, -0.05) is 18.2 Å². The maximum atomic E-state index is 11.7. The molecule has 0 aliphatic carbocycles. The van der Waals surface area contributed by atoms with Gasteiger partial charge in [0.2, 0.25) is 10.0 Å². The van der Waals surface area contributed by atoms with Gasteiger partial charge in [0.1, 0.15) is 10.7 Å². The van der Waals surface area contributed by atoms with Gasteiger partial charge in [0.05, 0.1) is 11.4 Å². The van der Waals surface area contributed by atoms with Crippen molar-refractivity contribution in [2.45, 2.75) is 18.4 Å². The summed E-state index contributed by atoms with van der Waals surface area (Å²) in [5.74, 6) is 0.599.